The van der Waals surface area contributed by atoms with Crippen molar-refractivity contribution in [3.05, 3.63) is 70.8 Å². The van der Waals surface area contributed by atoms with E-state index in [2.05, 4.69) is 61.2 Å². The molecule has 1 fully saturated rings. The van der Waals surface area contributed by atoms with Gasteiger partial charge in [-0.15, -0.1) is 0 Å². The predicted octanol–water partition coefficient (Wildman–Crippen LogP) is 4.71. The van der Waals surface area contributed by atoms with Crippen molar-refractivity contribution < 1.29 is 13.9 Å². The topological polar surface area (TPSA) is 56.3 Å². The van der Waals surface area contributed by atoms with E-state index in [1.807, 2.05) is 0 Å². The minimum Gasteiger partial charge on any atom is -0.390 e. The first-order valence-electron chi connectivity index (χ1n) is 12.0. The zero-order valence-corrected chi connectivity index (χ0v) is 20.3. The summed E-state index contributed by atoms with van der Waals surface area (Å²) < 4.78 is 27.3. The Morgan fingerprint density at radius 1 is 1.00 bits per heavy atom. The van der Waals surface area contributed by atoms with Gasteiger partial charge in [0.25, 0.3) is 0 Å². The first kappa shape index (κ1) is 25.8. The first-order chi connectivity index (χ1) is 15.6. The second-order valence-electron chi connectivity index (χ2n) is 10.4. The lowest BCUT2D eigenvalue weighted by Gasteiger charge is -2.41. The van der Waals surface area contributed by atoms with Crippen molar-refractivity contribution in [1.29, 1.82) is 0 Å². The normalized spacial score (nSPS) is 18.2. The summed E-state index contributed by atoms with van der Waals surface area (Å²) in [6.07, 6.45) is 5.09. The molecule has 0 saturated heterocycles. The third kappa shape index (κ3) is 6.82. The molecule has 6 heteroatoms. The molecule has 0 aromatic heterocycles. The maximum Gasteiger partial charge on any atom is 0.126 e. The molecule has 2 aromatic carbocycles. The Hall–Kier alpha value is -1.86. The monoisotopic (exact) mass is 459 g/mol. The van der Waals surface area contributed by atoms with E-state index >= 15 is 0 Å². The predicted molar refractivity (Wildman–Crippen MR) is 130 cm³/mol. The van der Waals surface area contributed by atoms with Crippen molar-refractivity contribution in [3.8, 4) is 0 Å². The van der Waals surface area contributed by atoms with Crippen LogP contribution in [0.25, 0.3) is 0 Å². The number of rotatable bonds is 9. The van der Waals surface area contributed by atoms with Crippen molar-refractivity contribution >= 4 is 0 Å². The molecular weight excluding hydrogens is 420 g/mol. The van der Waals surface area contributed by atoms with Crippen LogP contribution in [-0.2, 0) is 17.4 Å². The molecule has 2 atom stereocenters. The average molecular weight is 460 g/mol. The highest BCUT2D eigenvalue weighted by atomic mass is 19.1. The van der Waals surface area contributed by atoms with Crippen molar-refractivity contribution in [1.82, 2.24) is 16.2 Å². The zero-order valence-electron chi connectivity index (χ0n) is 20.3. The summed E-state index contributed by atoms with van der Waals surface area (Å²) in [5, 5.41) is 14.8. The van der Waals surface area contributed by atoms with Gasteiger partial charge in [0.15, 0.2) is 0 Å². The molecule has 0 spiro atoms. The van der Waals surface area contributed by atoms with E-state index in [-0.39, 0.29) is 11.0 Å². The number of benzene rings is 2. The molecule has 2 aromatic rings. The summed E-state index contributed by atoms with van der Waals surface area (Å²) in [7, 11) is 1.72. The van der Waals surface area contributed by atoms with Crippen molar-refractivity contribution in [2.45, 2.75) is 82.4 Å². The van der Waals surface area contributed by atoms with Crippen molar-refractivity contribution in [2.24, 2.45) is 0 Å². The molecule has 3 rings (SSSR count). The molecule has 4 nitrogen and oxygen atoms in total. The number of halogens is 2. The van der Waals surface area contributed by atoms with Gasteiger partial charge in [-0.05, 0) is 60.5 Å². The summed E-state index contributed by atoms with van der Waals surface area (Å²) in [6, 6.07) is 11.9. The Labute approximate surface area is 197 Å². The standard InChI is InChI=1S/C27H39F2N3O/c1-26(2,3)20-9-8-10-21(16-20)27(11-6-5-7-12-27)31-18-25(33)24(32-30-4)15-19-13-22(28)17-23(29)14-19/h8-10,13-14,16-17,24-25,30-33H,5-7,11-12,15,18H2,1-4H3/t24?,25-/m1/s1. The lowest BCUT2D eigenvalue weighted by molar-refractivity contribution is 0.0987. The van der Waals surface area contributed by atoms with Crippen LogP contribution in [-0.4, -0.2) is 30.8 Å². The van der Waals surface area contributed by atoms with Gasteiger partial charge < -0.3 is 10.4 Å². The highest BCUT2D eigenvalue weighted by molar-refractivity contribution is 5.34. The molecule has 182 valence electrons. The number of hydrogen-bond acceptors (Lipinski definition) is 4. The van der Waals surface area contributed by atoms with Gasteiger partial charge in [0.1, 0.15) is 11.6 Å². The molecule has 0 bridgehead atoms. The first-order valence-corrected chi connectivity index (χ1v) is 12.0. The zero-order chi connectivity index (χ0) is 24.1. The van der Waals surface area contributed by atoms with E-state index in [4.69, 9.17) is 0 Å². The number of aliphatic hydroxyl groups excluding tert-OH is 1. The summed E-state index contributed by atoms with van der Waals surface area (Å²) in [4.78, 5) is 0. The van der Waals surface area contributed by atoms with Crippen LogP contribution in [0, 0.1) is 11.6 Å². The third-order valence-electron chi connectivity index (χ3n) is 6.81. The van der Waals surface area contributed by atoms with Gasteiger partial charge in [-0.2, -0.15) is 0 Å². The van der Waals surface area contributed by atoms with Gasteiger partial charge in [-0.1, -0.05) is 64.3 Å². The number of hydrogen-bond donors (Lipinski definition) is 4. The Bertz CT molecular complexity index is 886. The molecular formula is C27H39F2N3O. The minimum absolute atomic E-state index is 0.0629. The third-order valence-corrected chi connectivity index (χ3v) is 6.81. The molecule has 0 aliphatic heterocycles. The molecule has 1 aliphatic rings. The molecule has 1 saturated carbocycles. The van der Waals surface area contributed by atoms with Gasteiger partial charge in [-0.3, -0.25) is 10.9 Å². The van der Waals surface area contributed by atoms with Crippen LogP contribution in [0.4, 0.5) is 8.78 Å². The van der Waals surface area contributed by atoms with Crippen LogP contribution in [0.15, 0.2) is 42.5 Å². The van der Waals surface area contributed by atoms with Crippen LogP contribution in [0.2, 0.25) is 0 Å². The van der Waals surface area contributed by atoms with Crippen LogP contribution < -0.4 is 16.2 Å². The van der Waals surface area contributed by atoms with E-state index in [0.717, 1.165) is 31.7 Å². The highest BCUT2D eigenvalue weighted by Gasteiger charge is 2.35. The van der Waals surface area contributed by atoms with E-state index < -0.39 is 23.8 Å². The van der Waals surface area contributed by atoms with Gasteiger partial charge in [0, 0.05) is 18.2 Å². The molecule has 1 unspecified atom stereocenters. The maximum atomic E-state index is 13.7. The van der Waals surface area contributed by atoms with Crippen LogP contribution >= 0.6 is 0 Å². The smallest absolute Gasteiger partial charge is 0.126 e. The van der Waals surface area contributed by atoms with Crippen molar-refractivity contribution in [2.75, 3.05) is 13.6 Å². The SMILES string of the molecule is CNNC(Cc1cc(F)cc(F)c1)[C@H](O)CNC1(c2cccc(C(C)(C)C)c2)CCCCC1. The fourth-order valence-corrected chi connectivity index (χ4v) is 4.90. The number of hydrazine groups is 1. The van der Waals surface area contributed by atoms with Gasteiger partial charge in [-0.25, -0.2) is 8.78 Å². The van der Waals surface area contributed by atoms with Gasteiger partial charge >= 0.3 is 0 Å². The quantitative estimate of drug-likeness (QED) is 0.411. The molecule has 0 heterocycles. The molecule has 4 N–H and O–H groups in total. The average Bonchev–Trinajstić information content (AvgIpc) is 2.77. The Kier molecular flexibility index (Phi) is 8.62. The Morgan fingerprint density at radius 3 is 2.27 bits per heavy atom. The largest absolute Gasteiger partial charge is 0.390 e. The minimum atomic E-state index is -0.756. The fourth-order valence-electron chi connectivity index (χ4n) is 4.90. The fraction of sp³-hybridized carbons (Fsp3) is 0.556. The van der Waals surface area contributed by atoms with Gasteiger partial charge in [0.2, 0.25) is 0 Å². The molecule has 0 amide bonds. The molecule has 1 aliphatic carbocycles. The Balaban J connectivity index is 1.78. The second-order valence-corrected chi connectivity index (χ2v) is 10.4. The maximum absolute atomic E-state index is 13.7. The van der Waals surface area contributed by atoms with Crippen LogP contribution in [0.5, 0.6) is 0 Å². The number of nitrogens with one attached hydrogen (secondary N) is 3. The highest BCUT2D eigenvalue weighted by Crippen LogP contribution is 2.38. The molecule has 33 heavy (non-hydrogen) atoms. The van der Waals surface area contributed by atoms with E-state index in [1.54, 1.807) is 7.05 Å². The summed E-state index contributed by atoms with van der Waals surface area (Å²) >= 11 is 0. The summed E-state index contributed by atoms with van der Waals surface area (Å²) in [5.41, 5.74) is 8.88. The summed E-state index contributed by atoms with van der Waals surface area (Å²) in [6.45, 7) is 7.04. The number of aliphatic hydroxyl groups is 1. The van der Waals surface area contributed by atoms with Crippen LogP contribution in [0.3, 0.4) is 0 Å². The van der Waals surface area contributed by atoms with Crippen molar-refractivity contribution in [3.63, 3.8) is 0 Å². The van der Waals surface area contributed by atoms with E-state index in [0.29, 0.717) is 18.5 Å². The van der Waals surface area contributed by atoms with Gasteiger partial charge in [0.05, 0.1) is 12.1 Å². The lowest BCUT2D eigenvalue weighted by atomic mass is 9.74. The summed E-state index contributed by atoms with van der Waals surface area (Å²) in [5.74, 6) is -1.22. The van der Waals surface area contributed by atoms with Crippen LogP contribution in [0.1, 0.15) is 69.6 Å². The molecule has 0 radical (unpaired) electrons. The van der Waals surface area contributed by atoms with E-state index in [9.17, 15) is 13.9 Å². The Morgan fingerprint density at radius 2 is 1.67 bits per heavy atom. The second kappa shape index (κ2) is 11.0. The lowest BCUT2D eigenvalue weighted by Crippen LogP contribution is -2.54. The van der Waals surface area contributed by atoms with E-state index in [1.165, 1.54) is 29.7 Å².